The van der Waals surface area contributed by atoms with Crippen molar-refractivity contribution in [2.24, 2.45) is 0 Å². The largest absolute Gasteiger partial charge is 0.451 e. The summed E-state index contributed by atoms with van der Waals surface area (Å²) in [5.74, 6) is -0.341. The summed E-state index contributed by atoms with van der Waals surface area (Å²) in [4.78, 5) is 24.6. The van der Waals surface area contributed by atoms with Crippen molar-refractivity contribution in [2.75, 3.05) is 11.9 Å². The number of carbonyl (C=O) groups excluding carboxylic acids is 2. The van der Waals surface area contributed by atoms with Crippen LogP contribution in [0.4, 0.5) is 5.69 Å². The van der Waals surface area contributed by atoms with E-state index in [4.69, 9.17) is 4.74 Å². The Kier molecular flexibility index (Phi) is 5.68. The Morgan fingerprint density at radius 3 is 2.54 bits per heavy atom. The van der Waals surface area contributed by atoms with Crippen molar-refractivity contribution in [1.29, 1.82) is 0 Å². The number of anilines is 1. The highest BCUT2D eigenvalue weighted by Gasteiger charge is 2.13. The van der Waals surface area contributed by atoms with Gasteiger partial charge in [-0.3, -0.25) is 4.79 Å². The third kappa shape index (κ3) is 4.29. The number of amides is 1. The molecule has 26 heavy (non-hydrogen) atoms. The number of benzene rings is 2. The summed E-state index contributed by atoms with van der Waals surface area (Å²) in [6.07, 6.45) is 1.07. The van der Waals surface area contributed by atoms with Crippen molar-refractivity contribution in [3.05, 3.63) is 65.0 Å². The third-order valence-electron chi connectivity index (χ3n) is 4.34. The Labute approximate surface area is 156 Å². The Morgan fingerprint density at radius 2 is 1.85 bits per heavy atom. The van der Waals surface area contributed by atoms with E-state index in [1.54, 1.807) is 6.07 Å². The Hall–Kier alpha value is -2.66. The van der Waals surface area contributed by atoms with Crippen molar-refractivity contribution in [3.8, 4) is 0 Å². The highest BCUT2D eigenvalue weighted by molar-refractivity contribution is 7.20. The van der Waals surface area contributed by atoms with Gasteiger partial charge in [-0.2, -0.15) is 0 Å². The van der Waals surface area contributed by atoms with Crippen LogP contribution in [0.25, 0.3) is 10.1 Å². The first kappa shape index (κ1) is 18.1. The molecule has 0 aliphatic heterocycles. The number of thiophene rings is 1. The van der Waals surface area contributed by atoms with Crippen LogP contribution >= 0.6 is 11.3 Å². The van der Waals surface area contributed by atoms with Gasteiger partial charge in [0.15, 0.2) is 6.61 Å². The maximum absolute atomic E-state index is 12.1. The maximum atomic E-state index is 12.1. The van der Waals surface area contributed by atoms with Crippen molar-refractivity contribution in [2.45, 2.75) is 26.2 Å². The zero-order valence-electron chi connectivity index (χ0n) is 14.8. The second-order valence-corrected chi connectivity index (χ2v) is 7.29. The summed E-state index contributed by atoms with van der Waals surface area (Å²) in [7, 11) is 0. The topological polar surface area (TPSA) is 55.4 Å². The monoisotopic (exact) mass is 367 g/mol. The van der Waals surface area contributed by atoms with Gasteiger partial charge in [-0.1, -0.05) is 44.2 Å². The molecule has 134 valence electrons. The molecule has 1 atom stereocenters. The molecular formula is C21H21NO3S. The molecule has 0 saturated heterocycles. The van der Waals surface area contributed by atoms with Crippen LogP contribution in [0.5, 0.6) is 0 Å². The molecule has 1 amide bonds. The van der Waals surface area contributed by atoms with E-state index in [0.29, 0.717) is 16.5 Å². The predicted octanol–water partition coefficient (Wildman–Crippen LogP) is 5.21. The maximum Gasteiger partial charge on any atom is 0.348 e. The van der Waals surface area contributed by atoms with Gasteiger partial charge >= 0.3 is 5.97 Å². The lowest BCUT2D eigenvalue weighted by Crippen LogP contribution is -2.20. The normalized spacial score (nSPS) is 11.9. The van der Waals surface area contributed by atoms with E-state index < -0.39 is 5.97 Å². The first-order chi connectivity index (χ1) is 12.6. The number of ether oxygens (including phenoxy) is 1. The number of fused-ring (bicyclic) bond motifs is 1. The highest BCUT2D eigenvalue weighted by Crippen LogP contribution is 2.25. The van der Waals surface area contributed by atoms with E-state index in [1.165, 1.54) is 16.9 Å². The smallest absolute Gasteiger partial charge is 0.348 e. The molecule has 0 saturated carbocycles. The van der Waals surface area contributed by atoms with Crippen LogP contribution in [-0.4, -0.2) is 18.5 Å². The van der Waals surface area contributed by atoms with Gasteiger partial charge in [0.2, 0.25) is 0 Å². The molecule has 5 heteroatoms. The minimum absolute atomic E-state index is 0.305. The molecule has 0 aliphatic carbocycles. The lowest BCUT2D eigenvalue weighted by Gasteiger charge is -2.10. The molecule has 0 spiro atoms. The summed E-state index contributed by atoms with van der Waals surface area (Å²) in [5.41, 5.74) is 1.93. The molecule has 0 unspecified atom stereocenters. The zero-order chi connectivity index (χ0) is 18.5. The molecule has 0 aliphatic rings. The van der Waals surface area contributed by atoms with Gasteiger partial charge in [-0.15, -0.1) is 11.3 Å². The quantitative estimate of drug-likeness (QED) is 0.609. The van der Waals surface area contributed by atoms with E-state index >= 15 is 0 Å². The second kappa shape index (κ2) is 8.15. The Bertz CT molecular complexity index is 881. The Morgan fingerprint density at radius 1 is 1.12 bits per heavy atom. The van der Waals surface area contributed by atoms with Gasteiger partial charge in [0.1, 0.15) is 4.88 Å². The first-order valence-corrected chi connectivity index (χ1v) is 9.44. The van der Waals surface area contributed by atoms with E-state index in [1.807, 2.05) is 48.5 Å². The molecular weight excluding hydrogens is 346 g/mol. The van der Waals surface area contributed by atoms with Crippen LogP contribution in [0.2, 0.25) is 0 Å². The second-order valence-electron chi connectivity index (χ2n) is 6.20. The molecule has 4 nitrogen and oxygen atoms in total. The number of hydrogen-bond acceptors (Lipinski definition) is 4. The summed E-state index contributed by atoms with van der Waals surface area (Å²) in [5, 5.41) is 3.74. The van der Waals surface area contributed by atoms with Gasteiger partial charge in [-0.05, 0) is 47.6 Å². The summed E-state index contributed by atoms with van der Waals surface area (Å²) in [6, 6.07) is 17.3. The molecule has 1 aromatic heterocycles. The zero-order valence-corrected chi connectivity index (χ0v) is 15.6. The SMILES string of the molecule is CC[C@H](C)c1ccc(NC(=O)COC(=O)c2cc3ccccc3s2)cc1. The van der Waals surface area contributed by atoms with Crippen LogP contribution < -0.4 is 5.32 Å². The molecule has 0 radical (unpaired) electrons. The van der Waals surface area contributed by atoms with Gasteiger partial charge in [-0.25, -0.2) is 4.79 Å². The van der Waals surface area contributed by atoms with Crippen LogP contribution in [0, 0.1) is 0 Å². The lowest BCUT2D eigenvalue weighted by atomic mass is 9.99. The van der Waals surface area contributed by atoms with Crippen molar-refractivity contribution < 1.29 is 14.3 Å². The summed E-state index contributed by atoms with van der Waals surface area (Å²) < 4.78 is 6.15. The first-order valence-electron chi connectivity index (χ1n) is 8.62. The molecule has 0 fully saturated rings. The minimum Gasteiger partial charge on any atom is -0.451 e. The van der Waals surface area contributed by atoms with Crippen LogP contribution in [0.15, 0.2) is 54.6 Å². The standard InChI is InChI=1S/C21H21NO3S/c1-3-14(2)15-8-10-17(11-9-15)22-20(23)13-25-21(24)19-12-16-6-4-5-7-18(16)26-19/h4-12,14H,3,13H2,1-2H3,(H,22,23)/t14-/m0/s1. The number of nitrogens with one attached hydrogen (secondary N) is 1. The molecule has 3 aromatic rings. The molecule has 2 aromatic carbocycles. The fourth-order valence-corrected chi connectivity index (χ4v) is 3.57. The van der Waals surface area contributed by atoms with Crippen LogP contribution in [0.3, 0.4) is 0 Å². The third-order valence-corrected chi connectivity index (χ3v) is 5.43. The van der Waals surface area contributed by atoms with Gasteiger partial charge in [0.05, 0.1) is 0 Å². The molecule has 1 N–H and O–H groups in total. The number of hydrogen-bond donors (Lipinski definition) is 1. The number of rotatable bonds is 6. The average molecular weight is 367 g/mol. The van der Waals surface area contributed by atoms with Crippen LogP contribution in [0.1, 0.15) is 41.4 Å². The van der Waals surface area contributed by atoms with E-state index in [0.717, 1.165) is 16.5 Å². The number of carbonyl (C=O) groups is 2. The summed E-state index contributed by atoms with van der Waals surface area (Å²) >= 11 is 1.36. The highest BCUT2D eigenvalue weighted by atomic mass is 32.1. The van der Waals surface area contributed by atoms with E-state index in [-0.39, 0.29) is 12.5 Å². The predicted molar refractivity (Wildman–Crippen MR) is 106 cm³/mol. The Balaban J connectivity index is 1.54. The van der Waals surface area contributed by atoms with Gasteiger partial charge < -0.3 is 10.1 Å². The van der Waals surface area contributed by atoms with E-state index in [9.17, 15) is 9.59 Å². The summed E-state index contributed by atoms with van der Waals surface area (Å²) in [6.45, 7) is 4.01. The average Bonchev–Trinajstić information content (AvgIpc) is 3.10. The van der Waals surface area contributed by atoms with Gasteiger partial charge in [0, 0.05) is 10.4 Å². The fourth-order valence-electron chi connectivity index (χ4n) is 2.61. The lowest BCUT2D eigenvalue weighted by molar-refractivity contribution is -0.119. The molecule has 0 bridgehead atoms. The van der Waals surface area contributed by atoms with Gasteiger partial charge in [0.25, 0.3) is 5.91 Å². The molecule has 3 rings (SSSR count). The van der Waals surface area contributed by atoms with Crippen molar-refractivity contribution >= 4 is 39.0 Å². The number of esters is 1. The minimum atomic E-state index is -0.478. The fraction of sp³-hybridized carbons (Fsp3) is 0.238. The molecule has 1 heterocycles. The van der Waals surface area contributed by atoms with Crippen LogP contribution in [-0.2, 0) is 9.53 Å². The van der Waals surface area contributed by atoms with Crippen molar-refractivity contribution in [1.82, 2.24) is 0 Å². The van der Waals surface area contributed by atoms with Crippen molar-refractivity contribution in [3.63, 3.8) is 0 Å². The van der Waals surface area contributed by atoms with E-state index in [2.05, 4.69) is 19.2 Å².